The summed E-state index contributed by atoms with van der Waals surface area (Å²) in [6.45, 7) is 0. The summed E-state index contributed by atoms with van der Waals surface area (Å²) in [7, 11) is 4.65. The molecule has 29 heavy (non-hydrogen) atoms. The third kappa shape index (κ3) is 4.63. The molecule has 0 radical (unpaired) electrons. The Morgan fingerprint density at radius 1 is 1.00 bits per heavy atom. The fourth-order valence-electron chi connectivity index (χ4n) is 2.71. The number of carbonyl (C=O) groups is 1. The third-order valence-corrected chi connectivity index (χ3v) is 5.40. The average molecular weight is 478 g/mol. The molecule has 0 atom stereocenters. The van der Waals surface area contributed by atoms with E-state index < -0.39 is 0 Å². The lowest BCUT2D eigenvalue weighted by molar-refractivity contribution is 0.102. The van der Waals surface area contributed by atoms with E-state index in [9.17, 15) is 4.79 Å². The molecule has 1 heterocycles. The van der Waals surface area contributed by atoms with Gasteiger partial charge in [0.2, 0.25) is 5.75 Å². The maximum absolute atomic E-state index is 12.5. The summed E-state index contributed by atoms with van der Waals surface area (Å²) in [5.41, 5.74) is 2.44. The first kappa shape index (κ1) is 21.0. The van der Waals surface area contributed by atoms with Gasteiger partial charge in [-0.25, -0.2) is 0 Å². The second-order valence-corrected chi connectivity index (χ2v) is 7.19. The minimum atomic E-state index is -0.285. The SMILES string of the molecule is COc1cc(-c2ccc(C(=O)Nc3ccc(Br)c(Cl)c3)cn2)cc(OC)c1OC. The summed E-state index contributed by atoms with van der Waals surface area (Å²) in [5, 5.41) is 3.31. The Hall–Kier alpha value is -2.77. The molecular weight excluding hydrogens is 460 g/mol. The maximum atomic E-state index is 12.5. The first-order valence-corrected chi connectivity index (χ1v) is 9.66. The first-order valence-electron chi connectivity index (χ1n) is 8.49. The summed E-state index contributed by atoms with van der Waals surface area (Å²) in [4.78, 5) is 16.9. The first-order chi connectivity index (χ1) is 14.0. The molecule has 1 N–H and O–H groups in total. The Morgan fingerprint density at radius 3 is 2.21 bits per heavy atom. The van der Waals surface area contributed by atoms with Gasteiger partial charge in [0, 0.05) is 21.9 Å². The highest BCUT2D eigenvalue weighted by atomic mass is 79.9. The molecule has 0 saturated carbocycles. The molecule has 150 valence electrons. The van der Waals surface area contributed by atoms with E-state index in [0.717, 1.165) is 10.0 Å². The molecule has 8 heteroatoms. The number of rotatable bonds is 6. The number of nitrogens with zero attached hydrogens (tertiary/aromatic N) is 1. The van der Waals surface area contributed by atoms with Crippen LogP contribution in [0.4, 0.5) is 5.69 Å². The van der Waals surface area contributed by atoms with Crippen molar-refractivity contribution >= 4 is 39.1 Å². The number of anilines is 1. The smallest absolute Gasteiger partial charge is 0.257 e. The van der Waals surface area contributed by atoms with Gasteiger partial charge < -0.3 is 19.5 Å². The van der Waals surface area contributed by atoms with Crippen molar-refractivity contribution in [2.45, 2.75) is 0 Å². The second-order valence-electron chi connectivity index (χ2n) is 5.93. The second kappa shape index (κ2) is 9.15. The van der Waals surface area contributed by atoms with E-state index >= 15 is 0 Å². The van der Waals surface area contributed by atoms with Crippen LogP contribution in [0.3, 0.4) is 0 Å². The monoisotopic (exact) mass is 476 g/mol. The van der Waals surface area contributed by atoms with Gasteiger partial charge in [0.25, 0.3) is 5.91 Å². The molecule has 0 aliphatic rings. The number of halogens is 2. The topological polar surface area (TPSA) is 69.7 Å². The number of aromatic nitrogens is 1. The van der Waals surface area contributed by atoms with E-state index in [0.29, 0.717) is 39.2 Å². The van der Waals surface area contributed by atoms with Crippen LogP contribution in [0, 0.1) is 0 Å². The zero-order valence-corrected chi connectivity index (χ0v) is 18.3. The fraction of sp³-hybridized carbons (Fsp3) is 0.143. The molecule has 3 rings (SSSR count). The molecule has 3 aromatic rings. The molecule has 1 aromatic heterocycles. The highest BCUT2D eigenvalue weighted by molar-refractivity contribution is 9.10. The van der Waals surface area contributed by atoms with Gasteiger partial charge in [-0.05, 0) is 58.4 Å². The Kier molecular flexibility index (Phi) is 6.61. The standard InChI is InChI=1S/C21H18BrClN2O4/c1-27-18-8-13(9-19(28-2)20(18)29-3)17-7-4-12(11-24-17)21(26)25-14-5-6-15(22)16(23)10-14/h4-11H,1-3H3,(H,25,26). The normalized spacial score (nSPS) is 10.4. The van der Waals surface area contributed by atoms with Crippen LogP contribution >= 0.6 is 27.5 Å². The number of ether oxygens (including phenoxy) is 3. The maximum Gasteiger partial charge on any atom is 0.257 e. The van der Waals surface area contributed by atoms with Crippen molar-refractivity contribution in [3.63, 3.8) is 0 Å². The highest BCUT2D eigenvalue weighted by Crippen LogP contribution is 2.40. The van der Waals surface area contributed by atoms with Crippen molar-refractivity contribution in [3.05, 3.63) is 63.7 Å². The van der Waals surface area contributed by atoms with Crippen LogP contribution in [0.1, 0.15) is 10.4 Å². The Balaban J connectivity index is 1.84. The summed E-state index contributed by atoms with van der Waals surface area (Å²) in [6.07, 6.45) is 1.51. The molecule has 0 bridgehead atoms. The summed E-state index contributed by atoms with van der Waals surface area (Å²) >= 11 is 9.38. The van der Waals surface area contributed by atoms with E-state index in [4.69, 9.17) is 25.8 Å². The predicted octanol–water partition coefficient (Wildman–Crippen LogP) is 5.44. The van der Waals surface area contributed by atoms with Crippen molar-refractivity contribution in [1.29, 1.82) is 0 Å². The summed E-state index contributed by atoms with van der Waals surface area (Å²) in [5.74, 6) is 1.27. The van der Waals surface area contributed by atoms with Crippen LogP contribution in [-0.4, -0.2) is 32.2 Å². The molecule has 0 aliphatic heterocycles. The number of pyridine rings is 1. The van der Waals surface area contributed by atoms with Crippen LogP contribution in [0.2, 0.25) is 5.02 Å². The van der Waals surface area contributed by atoms with Crippen molar-refractivity contribution in [3.8, 4) is 28.5 Å². The van der Waals surface area contributed by atoms with Gasteiger partial charge in [0.05, 0.1) is 37.6 Å². The zero-order chi connectivity index (χ0) is 21.0. The lowest BCUT2D eigenvalue weighted by Gasteiger charge is -2.14. The van der Waals surface area contributed by atoms with Crippen LogP contribution in [0.5, 0.6) is 17.2 Å². The number of hydrogen-bond acceptors (Lipinski definition) is 5. The predicted molar refractivity (Wildman–Crippen MR) is 116 cm³/mol. The summed E-state index contributed by atoms with van der Waals surface area (Å²) < 4.78 is 16.8. The molecule has 0 aliphatic carbocycles. The van der Waals surface area contributed by atoms with Gasteiger partial charge in [-0.15, -0.1) is 0 Å². The minimum Gasteiger partial charge on any atom is -0.493 e. The minimum absolute atomic E-state index is 0.285. The van der Waals surface area contributed by atoms with Gasteiger partial charge in [-0.3, -0.25) is 9.78 Å². The van der Waals surface area contributed by atoms with E-state index in [1.165, 1.54) is 6.20 Å². The fourth-order valence-corrected chi connectivity index (χ4v) is 3.13. The average Bonchev–Trinajstić information content (AvgIpc) is 2.75. The van der Waals surface area contributed by atoms with Gasteiger partial charge in [0.15, 0.2) is 11.5 Å². The van der Waals surface area contributed by atoms with Gasteiger partial charge in [-0.2, -0.15) is 0 Å². The molecule has 0 saturated heterocycles. The lowest BCUT2D eigenvalue weighted by Crippen LogP contribution is -2.12. The number of carbonyl (C=O) groups excluding carboxylic acids is 1. The largest absolute Gasteiger partial charge is 0.493 e. The number of benzene rings is 2. The van der Waals surface area contributed by atoms with E-state index in [-0.39, 0.29) is 5.91 Å². The molecule has 2 aromatic carbocycles. The number of hydrogen-bond donors (Lipinski definition) is 1. The van der Waals surface area contributed by atoms with Crippen molar-refractivity contribution < 1.29 is 19.0 Å². The Labute approximate surface area is 181 Å². The molecule has 0 fully saturated rings. The molecular formula is C21H18BrClN2O4. The van der Waals surface area contributed by atoms with Crippen molar-refractivity contribution in [2.24, 2.45) is 0 Å². The quantitative estimate of drug-likeness (QED) is 0.512. The highest BCUT2D eigenvalue weighted by Gasteiger charge is 2.15. The third-order valence-electron chi connectivity index (χ3n) is 4.16. The van der Waals surface area contributed by atoms with Crippen molar-refractivity contribution in [2.75, 3.05) is 26.6 Å². The van der Waals surface area contributed by atoms with Gasteiger partial charge >= 0.3 is 0 Å². The van der Waals surface area contributed by atoms with Gasteiger partial charge in [0.1, 0.15) is 0 Å². The number of methoxy groups -OCH3 is 3. The zero-order valence-electron chi connectivity index (χ0n) is 16.0. The van der Waals surface area contributed by atoms with Crippen LogP contribution < -0.4 is 19.5 Å². The van der Waals surface area contributed by atoms with E-state index in [2.05, 4.69) is 26.2 Å². The van der Waals surface area contributed by atoms with E-state index in [1.54, 1.807) is 63.8 Å². The number of nitrogens with one attached hydrogen (secondary N) is 1. The van der Waals surface area contributed by atoms with Crippen LogP contribution in [0.15, 0.2) is 53.1 Å². The van der Waals surface area contributed by atoms with Gasteiger partial charge in [-0.1, -0.05) is 11.6 Å². The molecule has 1 amide bonds. The van der Waals surface area contributed by atoms with Crippen LogP contribution in [-0.2, 0) is 0 Å². The Bertz CT molecular complexity index is 1020. The summed E-state index contributed by atoms with van der Waals surface area (Å²) in [6, 6.07) is 12.2. The molecule has 0 unspecified atom stereocenters. The van der Waals surface area contributed by atoms with Crippen molar-refractivity contribution in [1.82, 2.24) is 4.98 Å². The molecule has 0 spiro atoms. The van der Waals surface area contributed by atoms with E-state index in [1.807, 2.05) is 0 Å². The number of amides is 1. The van der Waals surface area contributed by atoms with Crippen LogP contribution in [0.25, 0.3) is 11.3 Å². The molecule has 6 nitrogen and oxygen atoms in total. The lowest BCUT2D eigenvalue weighted by atomic mass is 10.1. The Morgan fingerprint density at radius 2 is 1.69 bits per heavy atom.